The van der Waals surface area contributed by atoms with Gasteiger partial charge in [0.15, 0.2) is 0 Å². The van der Waals surface area contributed by atoms with Crippen molar-refractivity contribution in [2.75, 3.05) is 23.3 Å². The maximum atomic E-state index is 12.9. The highest BCUT2D eigenvalue weighted by Crippen LogP contribution is 2.37. The van der Waals surface area contributed by atoms with Gasteiger partial charge in [-0.2, -0.15) is 0 Å². The van der Waals surface area contributed by atoms with Gasteiger partial charge in [0.1, 0.15) is 17.2 Å². The van der Waals surface area contributed by atoms with Crippen molar-refractivity contribution in [1.29, 1.82) is 0 Å². The Morgan fingerprint density at radius 1 is 1.21 bits per heavy atom. The highest BCUT2D eigenvalue weighted by atomic mass is 35.5. The smallest absolute Gasteiger partial charge is 0.407 e. The van der Waals surface area contributed by atoms with Crippen molar-refractivity contribution in [2.45, 2.75) is 78.2 Å². The summed E-state index contributed by atoms with van der Waals surface area (Å²) in [6.45, 7) is 20.2. The molecule has 1 aromatic carbocycles. The molecule has 2 atom stereocenters. The lowest BCUT2D eigenvalue weighted by Crippen LogP contribution is -2.51. The van der Waals surface area contributed by atoms with Gasteiger partial charge >= 0.3 is 11.8 Å². The number of rotatable bonds is 7. The number of carbonyl (C=O) groups excluding carboxylic acids is 1. The number of aliphatic hydroxyl groups is 1. The van der Waals surface area contributed by atoms with E-state index in [-0.39, 0.29) is 22.7 Å². The number of fused-ring (bicyclic) bond motifs is 1. The molecule has 0 bridgehead atoms. The lowest BCUT2D eigenvalue weighted by Gasteiger charge is -2.38. The standard InChI is InChI=1S/C30H40ClN7O4/c1-18-13-20(34-27(39)42-29(2,3)4)17-37(16-18)26-22(32-7)15-21(31)25(35-26)33-19-9-10-23-24(14-19)38(28(40)36(23)8)12-11-30(5,6)41/h9-10,14-15,18,20,41H,11-13,16-17H2,1-6,8H3,(H,33,35)(H,34,39). The Morgan fingerprint density at radius 2 is 1.93 bits per heavy atom. The zero-order chi connectivity index (χ0) is 31.0. The van der Waals surface area contributed by atoms with Crippen molar-refractivity contribution in [2.24, 2.45) is 13.0 Å². The molecular formula is C30H40ClN7O4. The molecule has 1 aliphatic heterocycles. The number of hydrogen-bond acceptors (Lipinski definition) is 7. The summed E-state index contributed by atoms with van der Waals surface area (Å²) < 4.78 is 8.67. The van der Waals surface area contributed by atoms with Crippen LogP contribution in [0.5, 0.6) is 0 Å². The van der Waals surface area contributed by atoms with Gasteiger partial charge in [-0.3, -0.25) is 9.13 Å². The molecule has 12 heteroatoms. The van der Waals surface area contributed by atoms with Crippen molar-refractivity contribution in [3.8, 4) is 0 Å². The number of aryl methyl sites for hydroxylation is 2. The molecule has 2 unspecified atom stereocenters. The number of aromatic nitrogens is 3. The predicted molar refractivity (Wildman–Crippen MR) is 166 cm³/mol. The van der Waals surface area contributed by atoms with Crippen LogP contribution >= 0.6 is 11.6 Å². The molecule has 1 amide bonds. The number of imidazole rings is 1. The van der Waals surface area contributed by atoms with E-state index < -0.39 is 17.3 Å². The summed E-state index contributed by atoms with van der Waals surface area (Å²) in [5.74, 6) is 1.07. The third kappa shape index (κ3) is 7.36. The Hall–Kier alpha value is -3.75. The largest absolute Gasteiger partial charge is 0.444 e. The molecule has 1 aliphatic rings. The van der Waals surface area contributed by atoms with Crippen LogP contribution in [0.3, 0.4) is 0 Å². The molecule has 0 radical (unpaired) electrons. The van der Waals surface area contributed by atoms with Crippen LogP contribution in [-0.2, 0) is 18.3 Å². The Bertz CT molecular complexity index is 1580. The zero-order valence-electron chi connectivity index (χ0n) is 25.3. The lowest BCUT2D eigenvalue weighted by molar-refractivity contribution is 0.0494. The van der Waals surface area contributed by atoms with Gasteiger partial charge in [-0.1, -0.05) is 18.5 Å². The van der Waals surface area contributed by atoms with Crippen molar-refractivity contribution in [3.63, 3.8) is 0 Å². The fraction of sp³-hybridized carbons (Fsp3) is 0.533. The quantitative estimate of drug-likeness (QED) is 0.304. The first-order valence-corrected chi connectivity index (χ1v) is 14.4. The van der Waals surface area contributed by atoms with E-state index in [1.807, 2.05) is 43.9 Å². The Morgan fingerprint density at radius 3 is 2.57 bits per heavy atom. The number of ether oxygens (including phenoxy) is 1. The number of anilines is 3. The predicted octanol–water partition coefficient (Wildman–Crippen LogP) is 5.58. The molecule has 4 rings (SSSR count). The van der Waals surface area contributed by atoms with Gasteiger partial charge in [-0.05, 0) is 77.6 Å². The number of nitrogens with zero attached hydrogens (tertiary/aromatic N) is 5. The van der Waals surface area contributed by atoms with E-state index in [1.54, 1.807) is 36.1 Å². The fourth-order valence-corrected chi connectivity index (χ4v) is 5.39. The monoisotopic (exact) mass is 597 g/mol. The first kappa shape index (κ1) is 31.2. The van der Waals surface area contributed by atoms with Crippen LogP contribution in [0.25, 0.3) is 15.9 Å². The van der Waals surface area contributed by atoms with Crippen LogP contribution < -0.4 is 21.2 Å². The average Bonchev–Trinajstić information content (AvgIpc) is 3.10. The molecular weight excluding hydrogens is 558 g/mol. The second kappa shape index (κ2) is 11.9. The zero-order valence-corrected chi connectivity index (χ0v) is 26.0. The van der Waals surface area contributed by atoms with Crippen molar-refractivity contribution in [1.82, 2.24) is 19.4 Å². The molecule has 2 aromatic heterocycles. The summed E-state index contributed by atoms with van der Waals surface area (Å²) in [5, 5.41) is 16.7. The van der Waals surface area contributed by atoms with Crippen molar-refractivity contribution < 1.29 is 14.6 Å². The topological polar surface area (TPSA) is 118 Å². The van der Waals surface area contributed by atoms with Crippen molar-refractivity contribution in [3.05, 3.63) is 51.2 Å². The first-order valence-electron chi connectivity index (χ1n) is 14.1. The van der Waals surface area contributed by atoms with E-state index in [0.29, 0.717) is 54.6 Å². The normalized spacial score (nSPS) is 17.7. The highest BCUT2D eigenvalue weighted by molar-refractivity contribution is 6.33. The number of nitrogens with one attached hydrogen (secondary N) is 2. The van der Waals surface area contributed by atoms with Crippen LogP contribution in [0.4, 0.5) is 27.8 Å². The summed E-state index contributed by atoms with van der Waals surface area (Å²) in [6.07, 6.45) is 0.709. The van der Waals surface area contributed by atoms with Crippen LogP contribution in [0.1, 0.15) is 54.4 Å². The van der Waals surface area contributed by atoms with Gasteiger partial charge in [0.2, 0.25) is 5.69 Å². The summed E-state index contributed by atoms with van der Waals surface area (Å²) >= 11 is 6.59. The molecule has 1 fully saturated rings. The second-order valence-electron chi connectivity index (χ2n) is 12.7. The third-order valence-corrected chi connectivity index (χ3v) is 7.38. The molecule has 226 valence electrons. The summed E-state index contributed by atoms with van der Waals surface area (Å²) in [6, 6.07) is 6.95. The second-order valence-corrected chi connectivity index (χ2v) is 13.2. The number of benzene rings is 1. The number of piperidine rings is 1. The first-order chi connectivity index (χ1) is 19.5. The molecule has 0 aliphatic carbocycles. The van der Waals surface area contributed by atoms with Crippen LogP contribution in [0, 0.1) is 12.5 Å². The van der Waals surface area contributed by atoms with Gasteiger partial charge in [0.25, 0.3) is 0 Å². The number of carbonyl (C=O) groups is 1. The van der Waals surface area contributed by atoms with Crippen molar-refractivity contribution >= 4 is 51.7 Å². The van der Waals surface area contributed by atoms with E-state index in [4.69, 9.17) is 27.9 Å². The van der Waals surface area contributed by atoms with Gasteiger partial charge in [0.05, 0.1) is 28.2 Å². The lowest BCUT2D eigenvalue weighted by atomic mass is 9.96. The van der Waals surface area contributed by atoms with E-state index in [1.165, 1.54) is 0 Å². The average molecular weight is 598 g/mol. The van der Waals surface area contributed by atoms with Gasteiger partial charge in [-0.25, -0.2) is 19.4 Å². The van der Waals surface area contributed by atoms with E-state index in [0.717, 1.165) is 11.9 Å². The molecule has 11 nitrogen and oxygen atoms in total. The fourth-order valence-electron chi connectivity index (χ4n) is 5.20. The third-order valence-electron chi connectivity index (χ3n) is 7.09. The molecule has 42 heavy (non-hydrogen) atoms. The number of amides is 1. The van der Waals surface area contributed by atoms with E-state index in [9.17, 15) is 14.7 Å². The summed E-state index contributed by atoms with van der Waals surface area (Å²) in [4.78, 5) is 35.8. The molecule has 0 spiro atoms. The van der Waals surface area contributed by atoms with Crippen LogP contribution in [0.15, 0.2) is 29.1 Å². The number of alkyl carbamates (subject to hydrolysis) is 1. The van der Waals surface area contributed by atoms with E-state index in [2.05, 4.69) is 22.4 Å². The Kier molecular flexibility index (Phi) is 8.81. The molecule has 3 heterocycles. The molecule has 3 N–H and O–H groups in total. The van der Waals surface area contributed by atoms with Gasteiger partial charge in [0, 0.05) is 38.4 Å². The maximum absolute atomic E-state index is 12.9. The van der Waals surface area contributed by atoms with Crippen LogP contribution in [-0.4, -0.2) is 55.7 Å². The number of halogens is 1. The van der Waals surface area contributed by atoms with Crippen LogP contribution in [0.2, 0.25) is 5.02 Å². The number of pyridine rings is 1. The molecule has 1 saturated heterocycles. The minimum atomic E-state index is -0.913. The minimum Gasteiger partial charge on any atom is -0.444 e. The van der Waals surface area contributed by atoms with E-state index >= 15 is 0 Å². The molecule has 0 saturated carbocycles. The van der Waals surface area contributed by atoms with Gasteiger partial charge < -0.3 is 25.4 Å². The summed E-state index contributed by atoms with van der Waals surface area (Å²) in [5.41, 5.74) is 0.768. The maximum Gasteiger partial charge on any atom is 0.407 e. The summed E-state index contributed by atoms with van der Waals surface area (Å²) in [7, 11) is 1.72. The minimum absolute atomic E-state index is 0.167. The number of hydrogen-bond donors (Lipinski definition) is 3. The van der Waals surface area contributed by atoms with Gasteiger partial charge in [-0.15, -0.1) is 0 Å². The Balaban J connectivity index is 1.63. The Labute approximate surface area is 251 Å². The SMILES string of the molecule is [C-]#[N+]c1cc(Cl)c(Nc2ccc3c(c2)n(CCC(C)(C)O)c(=O)n3C)nc1N1CC(C)CC(NC(=O)OC(C)(C)C)C1. The molecule has 3 aromatic rings. The highest BCUT2D eigenvalue weighted by Gasteiger charge is 2.30.